The first kappa shape index (κ1) is 22.2. The topological polar surface area (TPSA) is 79.9 Å². The highest BCUT2D eigenvalue weighted by Gasteiger charge is 2.11. The fraction of sp³-hybridized carbons (Fsp3) is 0.333. The summed E-state index contributed by atoms with van der Waals surface area (Å²) in [7, 11) is 4.83. The lowest BCUT2D eigenvalue weighted by molar-refractivity contribution is -0.122. The van der Waals surface area contributed by atoms with E-state index in [2.05, 4.69) is 10.6 Å². The number of anilines is 1. The van der Waals surface area contributed by atoms with Crippen molar-refractivity contribution < 1.29 is 23.5 Å². The Labute approximate surface area is 169 Å². The molecule has 2 rings (SSSR count). The van der Waals surface area contributed by atoms with Crippen molar-refractivity contribution in [2.45, 2.75) is 6.42 Å². The van der Waals surface area contributed by atoms with E-state index in [1.165, 1.54) is 24.3 Å². The number of nitrogens with zero attached hydrogens (tertiary/aromatic N) is 1. The molecule has 0 aliphatic rings. The fourth-order valence-electron chi connectivity index (χ4n) is 2.72. The number of benzene rings is 2. The number of carbonyl (C=O) groups excluding carboxylic acids is 2. The molecule has 0 aliphatic carbocycles. The molecule has 2 aromatic rings. The third-order valence-electron chi connectivity index (χ3n) is 4.14. The minimum Gasteiger partial charge on any atom is -0.493 e. The molecule has 0 aromatic heterocycles. The Morgan fingerprint density at radius 1 is 0.966 bits per heavy atom. The van der Waals surface area contributed by atoms with E-state index >= 15 is 0 Å². The molecule has 2 amide bonds. The summed E-state index contributed by atoms with van der Waals surface area (Å²) in [5.41, 5.74) is 1.51. The van der Waals surface area contributed by atoms with E-state index in [1.54, 1.807) is 26.2 Å². The van der Waals surface area contributed by atoms with E-state index in [0.717, 1.165) is 5.56 Å². The maximum Gasteiger partial charge on any atom is 0.238 e. The standard InChI is InChI=1S/C21H26FN3O4/c1-25(14-21(27)24-17-7-5-16(22)6-8-17)13-20(26)23-11-10-15-4-9-18(28-2)19(12-15)29-3/h4-9,12H,10-11,13-14H2,1-3H3,(H,23,26)(H,24,27). The van der Waals surface area contributed by atoms with Crippen molar-refractivity contribution in [2.24, 2.45) is 0 Å². The van der Waals surface area contributed by atoms with Gasteiger partial charge in [-0.25, -0.2) is 4.39 Å². The zero-order valence-corrected chi connectivity index (χ0v) is 16.8. The Morgan fingerprint density at radius 3 is 2.28 bits per heavy atom. The van der Waals surface area contributed by atoms with Crippen LogP contribution in [0.4, 0.5) is 10.1 Å². The highest BCUT2D eigenvalue weighted by atomic mass is 19.1. The number of ether oxygens (including phenoxy) is 2. The Morgan fingerprint density at radius 2 is 1.62 bits per heavy atom. The van der Waals surface area contributed by atoms with Gasteiger partial charge in [-0.15, -0.1) is 0 Å². The van der Waals surface area contributed by atoms with Crippen molar-refractivity contribution in [3.8, 4) is 11.5 Å². The maximum absolute atomic E-state index is 12.9. The number of rotatable bonds is 10. The van der Waals surface area contributed by atoms with Crippen LogP contribution in [0.1, 0.15) is 5.56 Å². The zero-order valence-electron chi connectivity index (χ0n) is 16.8. The number of halogens is 1. The summed E-state index contributed by atoms with van der Waals surface area (Å²) >= 11 is 0. The largest absolute Gasteiger partial charge is 0.493 e. The van der Waals surface area contributed by atoms with Crippen LogP contribution >= 0.6 is 0 Å². The van der Waals surface area contributed by atoms with Crippen LogP contribution in [0.2, 0.25) is 0 Å². The lowest BCUT2D eigenvalue weighted by Crippen LogP contribution is -2.39. The van der Waals surface area contributed by atoms with Crippen LogP contribution in [0.5, 0.6) is 11.5 Å². The lowest BCUT2D eigenvalue weighted by Gasteiger charge is -2.16. The predicted molar refractivity (Wildman–Crippen MR) is 109 cm³/mol. The molecule has 0 bridgehead atoms. The first-order chi connectivity index (χ1) is 13.9. The van der Waals surface area contributed by atoms with Gasteiger partial charge in [0.1, 0.15) is 5.82 Å². The Bertz CT molecular complexity index is 827. The zero-order chi connectivity index (χ0) is 21.2. The normalized spacial score (nSPS) is 10.5. The van der Waals surface area contributed by atoms with Gasteiger partial charge in [-0.05, 0) is 55.4 Å². The molecule has 8 heteroatoms. The van der Waals surface area contributed by atoms with Gasteiger partial charge in [-0.2, -0.15) is 0 Å². The second-order valence-electron chi connectivity index (χ2n) is 6.52. The SMILES string of the molecule is COc1ccc(CCNC(=O)CN(C)CC(=O)Nc2ccc(F)cc2)cc1OC. The number of amides is 2. The van der Waals surface area contributed by atoms with E-state index in [0.29, 0.717) is 30.2 Å². The van der Waals surface area contributed by atoms with E-state index in [9.17, 15) is 14.0 Å². The molecular weight excluding hydrogens is 377 g/mol. The van der Waals surface area contributed by atoms with Crippen molar-refractivity contribution >= 4 is 17.5 Å². The molecule has 0 heterocycles. The van der Waals surface area contributed by atoms with Crippen LogP contribution in [0.15, 0.2) is 42.5 Å². The summed E-state index contributed by atoms with van der Waals surface area (Å²) in [5, 5.41) is 5.49. The number of hydrogen-bond acceptors (Lipinski definition) is 5. The molecule has 29 heavy (non-hydrogen) atoms. The number of methoxy groups -OCH3 is 2. The molecule has 0 aliphatic heterocycles. The lowest BCUT2D eigenvalue weighted by atomic mass is 10.1. The van der Waals surface area contributed by atoms with Crippen LogP contribution in [0.25, 0.3) is 0 Å². The summed E-state index contributed by atoms with van der Waals surface area (Å²) in [5.74, 6) is 0.466. The van der Waals surface area contributed by atoms with Crippen molar-refractivity contribution in [1.82, 2.24) is 10.2 Å². The molecule has 0 atom stereocenters. The first-order valence-corrected chi connectivity index (χ1v) is 9.13. The van der Waals surface area contributed by atoms with Gasteiger partial charge in [0, 0.05) is 12.2 Å². The summed E-state index contributed by atoms with van der Waals surface area (Å²) in [6, 6.07) is 11.1. The van der Waals surface area contributed by atoms with Crippen LogP contribution in [0.3, 0.4) is 0 Å². The van der Waals surface area contributed by atoms with Crippen molar-refractivity contribution in [2.75, 3.05) is 46.2 Å². The third kappa shape index (κ3) is 7.42. The molecule has 2 aromatic carbocycles. The molecule has 0 saturated carbocycles. The Kier molecular flexibility index (Phi) is 8.42. The summed E-state index contributed by atoms with van der Waals surface area (Å²) in [4.78, 5) is 25.7. The van der Waals surface area contributed by atoms with Crippen molar-refractivity contribution in [1.29, 1.82) is 0 Å². The second kappa shape index (κ2) is 11.0. The van der Waals surface area contributed by atoms with Gasteiger partial charge in [-0.1, -0.05) is 6.07 Å². The molecule has 2 N–H and O–H groups in total. The minimum absolute atomic E-state index is 0.0421. The van der Waals surface area contributed by atoms with Gasteiger partial charge in [0.25, 0.3) is 0 Å². The molecule has 0 fully saturated rings. The Hall–Kier alpha value is -3.13. The number of nitrogens with one attached hydrogen (secondary N) is 2. The van der Waals surface area contributed by atoms with Crippen molar-refractivity contribution in [3.63, 3.8) is 0 Å². The average molecular weight is 403 g/mol. The van der Waals surface area contributed by atoms with Gasteiger partial charge in [-0.3, -0.25) is 14.5 Å². The monoisotopic (exact) mass is 403 g/mol. The van der Waals surface area contributed by atoms with E-state index < -0.39 is 0 Å². The quantitative estimate of drug-likeness (QED) is 0.635. The first-order valence-electron chi connectivity index (χ1n) is 9.13. The van der Waals surface area contributed by atoms with Crippen LogP contribution in [-0.4, -0.2) is 57.6 Å². The molecule has 0 saturated heterocycles. The van der Waals surface area contributed by atoms with Gasteiger partial charge in [0.2, 0.25) is 11.8 Å². The van der Waals surface area contributed by atoms with E-state index in [4.69, 9.17) is 9.47 Å². The minimum atomic E-state index is -0.370. The van der Waals surface area contributed by atoms with Crippen LogP contribution in [0, 0.1) is 5.82 Å². The Balaban J connectivity index is 1.71. The summed E-state index contributed by atoms with van der Waals surface area (Å²) < 4.78 is 23.4. The maximum atomic E-state index is 12.9. The highest BCUT2D eigenvalue weighted by molar-refractivity contribution is 5.92. The number of likely N-dealkylation sites (N-methyl/N-ethyl adjacent to an activating group) is 1. The summed E-state index contributed by atoms with van der Waals surface area (Å²) in [6.45, 7) is 0.590. The molecule has 7 nitrogen and oxygen atoms in total. The van der Waals surface area contributed by atoms with Gasteiger partial charge >= 0.3 is 0 Å². The number of carbonyl (C=O) groups is 2. The van der Waals surface area contributed by atoms with Crippen LogP contribution < -0.4 is 20.1 Å². The number of hydrogen-bond donors (Lipinski definition) is 2. The average Bonchev–Trinajstić information content (AvgIpc) is 2.69. The van der Waals surface area contributed by atoms with Gasteiger partial charge < -0.3 is 20.1 Å². The van der Waals surface area contributed by atoms with Gasteiger partial charge in [0.05, 0.1) is 27.3 Å². The smallest absolute Gasteiger partial charge is 0.238 e. The van der Waals surface area contributed by atoms with E-state index in [1.807, 2.05) is 18.2 Å². The second-order valence-corrected chi connectivity index (χ2v) is 6.52. The van der Waals surface area contributed by atoms with Crippen molar-refractivity contribution in [3.05, 3.63) is 53.8 Å². The van der Waals surface area contributed by atoms with Gasteiger partial charge in [0.15, 0.2) is 11.5 Å². The summed E-state index contributed by atoms with van der Waals surface area (Å²) in [6.07, 6.45) is 0.640. The molecule has 156 valence electrons. The molecular formula is C21H26FN3O4. The predicted octanol–water partition coefficient (Wildman–Crippen LogP) is 2.07. The fourth-order valence-corrected chi connectivity index (χ4v) is 2.72. The molecule has 0 spiro atoms. The highest BCUT2D eigenvalue weighted by Crippen LogP contribution is 2.27. The van der Waals surface area contributed by atoms with Crippen LogP contribution in [-0.2, 0) is 16.0 Å². The molecule has 0 unspecified atom stereocenters. The van der Waals surface area contributed by atoms with E-state index in [-0.39, 0.29) is 30.7 Å². The third-order valence-corrected chi connectivity index (χ3v) is 4.14. The molecule has 0 radical (unpaired) electrons.